The van der Waals surface area contributed by atoms with Gasteiger partial charge in [-0.25, -0.2) is 0 Å². The van der Waals surface area contributed by atoms with Crippen LogP contribution < -0.4 is 5.32 Å². The quantitative estimate of drug-likeness (QED) is 0.566. The van der Waals surface area contributed by atoms with Gasteiger partial charge in [-0.3, -0.25) is 14.7 Å². The number of hydrogen-bond acceptors (Lipinski definition) is 3. The molecule has 0 saturated heterocycles. The van der Waals surface area contributed by atoms with E-state index < -0.39 is 5.97 Å². The van der Waals surface area contributed by atoms with Crippen LogP contribution in [0.4, 0.5) is 0 Å². The molecule has 0 bridgehead atoms. The Kier molecular flexibility index (Phi) is 3.02. The lowest BCUT2D eigenvalue weighted by atomic mass is 10.3. The van der Waals surface area contributed by atoms with E-state index in [1.165, 1.54) is 6.20 Å². The Morgan fingerprint density at radius 3 is 2.92 bits per heavy atom. The SMILES string of the molecule is O=C(O)CNC(=O)Cc1ccn[nH]1. The van der Waals surface area contributed by atoms with Crippen molar-refractivity contribution in [2.75, 3.05) is 6.54 Å². The first-order valence-electron chi connectivity index (χ1n) is 3.65. The molecule has 0 aliphatic rings. The Hall–Kier alpha value is -1.85. The summed E-state index contributed by atoms with van der Waals surface area (Å²) in [6.07, 6.45) is 1.65. The number of carboxylic acids is 1. The van der Waals surface area contributed by atoms with Gasteiger partial charge < -0.3 is 10.4 Å². The van der Waals surface area contributed by atoms with Crippen molar-refractivity contribution >= 4 is 11.9 Å². The fourth-order valence-corrected chi connectivity index (χ4v) is 0.793. The summed E-state index contributed by atoms with van der Waals surface area (Å²) in [5.74, 6) is -1.40. The lowest BCUT2D eigenvalue weighted by Gasteiger charge is -1.99. The third-order valence-corrected chi connectivity index (χ3v) is 1.35. The predicted octanol–water partition coefficient (Wildman–Crippen LogP) is -0.847. The highest BCUT2D eigenvalue weighted by atomic mass is 16.4. The molecule has 3 N–H and O–H groups in total. The summed E-state index contributed by atoms with van der Waals surface area (Å²) >= 11 is 0. The first kappa shape index (κ1) is 9.24. The molecule has 0 spiro atoms. The molecule has 6 nitrogen and oxygen atoms in total. The predicted molar refractivity (Wildman–Crippen MR) is 42.9 cm³/mol. The Bertz CT molecular complexity index is 294. The third-order valence-electron chi connectivity index (χ3n) is 1.35. The van der Waals surface area contributed by atoms with Crippen LogP contribution in [0.3, 0.4) is 0 Å². The van der Waals surface area contributed by atoms with Crippen molar-refractivity contribution in [1.29, 1.82) is 0 Å². The van der Waals surface area contributed by atoms with Gasteiger partial charge in [0.15, 0.2) is 0 Å². The summed E-state index contributed by atoms with van der Waals surface area (Å²) in [6, 6.07) is 1.65. The molecular formula is C7H9N3O3. The van der Waals surface area contributed by atoms with Gasteiger partial charge in [-0.2, -0.15) is 5.10 Å². The van der Waals surface area contributed by atoms with Crippen LogP contribution in [-0.2, 0) is 16.0 Å². The van der Waals surface area contributed by atoms with Gasteiger partial charge in [-0.15, -0.1) is 0 Å². The monoisotopic (exact) mass is 183 g/mol. The second kappa shape index (κ2) is 4.24. The number of amides is 1. The third kappa shape index (κ3) is 3.37. The van der Waals surface area contributed by atoms with Gasteiger partial charge in [0.25, 0.3) is 0 Å². The fourth-order valence-electron chi connectivity index (χ4n) is 0.793. The number of aromatic amines is 1. The van der Waals surface area contributed by atoms with Gasteiger partial charge in [0.2, 0.25) is 5.91 Å². The molecule has 0 unspecified atom stereocenters. The summed E-state index contributed by atoms with van der Waals surface area (Å²) < 4.78 is 0. The fraction of sp³-hybridized carbons (Fsp3) is 0.286. The van der Waals surface area contributed by atoms with E-state index in [4.69, 9.17) is 5.11 Å². The molecule has 0 aliphatic carbocycles. The van der Waals surface area contributed by atoms with Gasteiger partial charge >= 0.3 is 5.97 Å². The van der Waals surface area contributed by atoms with Crippen LogP contribution in [0.2, 0.25) is 0 Å². The number of carbonyl (C=O) groups excluding carboxylic acids is 1. The largest absolute Gasteiger partial charge is 0.480 e. The number of aliphatic carboxylic acids is 1. The van der Waals surface area contributed by atoms with Crippen LogP contribution in [0.25, 0.3) is 0 Å². The number of nitrogens with one attached hydrogen (secondary N) is 2. The summed E-state index contributed by atoms with van der Waals surface area (Å²) in [7, 11) is 0. The summed E-state index contributed by atoms with van der Waals surface area (Å²) in [5.41, 5.74) is 0.655. The number of H-pyrrole nitrogens is 1. The van der Waals surface area contributed by atoms with E-state index in [-0.39, 0.29) is 18.9 Å². The van der Waals surface area contributed by atoms with E-state index in [0.29, 0.717) is 5.69 Å². The molecule has 1 aromatic rings. The van der Waals surface area contributed by atoms with Crippen molar-refractivity contribution in [3.63, 3.8) is 0 Å². The Balaban J connectivity index is 2.30. The number of carbonyl (C=O) groups is 2. The Labute approximate surface area is 74.0 Å². The minimum atomic E-state index is -1.06. The van der Waals surface area contributed by atoms with Crippen molar-refractivity contribution in [3.05, 3.63) is 18.0 Å². The van der Waals surface area contributed by atoms with Gasteiger partial charge in [0.05, 0.1) is 6.42 Å². The van der Waals surface area contributed by atoms with E-state index in [9.17, 15) is 9.59 Å². The van der Waals surface area contributed by atoms with Crippen molar-refractivity contribution in [3.8, 4) is 0 Å². The normalized spacial score (nSPS) is 9.54. The molecule has 13 heavy (non-hydrogen) atoms. The average Bonchev–Trinajstić information content (AvgIpc) is 2.53. The van der Waals surface area contributed by atoms with Crippen molar-refractivity contribution in [2.24, 2.45) is 0 Å². The van der Waals surface area contributed by atoms with Gasteiger partial charge in [-0.1, -0.05) is 0 Å². The van der Waals surface area contributed by atoms with Crippen LogP contribution >= 0.6 is 0 Å². The van der Waals surface area contributed by atoms with Crippen LogP contribution in [0.15, 0.2) is 12.3 Å². The molecule has 70 valence electrons. The second-order valence-electron chi connectivity index (χ2n) is 2.43. The molecule has 1 rings (SSSR count). The van der Waals surface area contributed by atoms with E-state index in [1.54, 1.807) is 6.07 Å². The molecule has 1 aromatic heterocycles. The molecule has 0 atom stereocenters. The van der Waals surface area contributed by atoms with Crippen molar-refractivity contribution in [1.82, 2.24) is 15.5 Å². The standard InChI is InChI=1S/C7H9N3O3/c11-6(8-4-7(12)13)3-5-1-2-9-10-5/h1-2H,3-4H2,(H,8,11)(H,9,10)(H,12,13). The first-order valence-corrected chi connectivity index (χ1v) is 3.65. The Morgan fingerprint density at radius 2 is 2.38 bits per heavy atom. The summed E-state index contributed by atoms with van der Waals surface area (Å²) in [5, 5.41) is 16.7. The summed E-state index contributed by atoms with van der Waals surface area (Å²) in [4.78, 5) is 21.1. The maximum atomic E-state index is 11.0. The van der Waals surface area contributed by atoms with E-state index in [0.717, 1.165) is 0 Å². The lowest BCUT2D eigenvalue weighted by Crippen LogP contribution is -2.30. The highest BCUT2D eigenvalue weighted by molar-refractivity contribution is 5.82. The zero-order valence-corrected chi connectivity index (χ0v) is 6.78. The van der Waals surface area contributed by atoms with Gasteiger partial charge in [-0.05, 0) is 6.07 Å². The molecule has 0 fully saturated rings. The van der Waals surface area contributed by atoms with Crippen LogP contribution in [0.5, 0.6) is 0 Å². The number of hydrogen-bond donors (Lipinski definition) is 3. The minimum absolute atomic E-state index is 0.118. The molecule has 0 aliphatic heterocycles. The average molecular weight is 183 g/mol. The zero-order chi connectivity index (χ0) is 9.68. The zero-order valence-electron chi connectivity index (χ0n) is 6.78. The molecule has 1 amide bonds. The van der Waals surface area contributed by atoms with E-state index in [1.807, 2.05) is 0 Å². The molecule has 1 heterocycles. The molecular weight excluding hydrogens is 174 g/mol. The highest BCUT2D eigenvalue weighted by Gasteiger charge is 2.05. The van der Waals surface area contributed by atoms with Crippen LogP contribution in [-0.4, -0.2) is 33.7 Å². The smallest absolute Gasteiger partial charge is 0.322 e. The van der Waals surface area contributed by atoms with E-state index >= 15 is 0 Å². The minimum Gasteiger partial charge on any atom is -0.480 e. The summed E-state index contributed by atoms with van der Waals surface area (Å²) in [6.45, 7) is -0.354. The van der Waals surface area contributed by atoms with Crippen LogP contribution in [0.1, 0.15) is 5.69 Å². The van der Waals surface area contributed by atoms with Crippen molar-refractivity contribution < 1.29 is 14.7 Å². The number of rotatable bonds is 4. The molecule has 0 aromatic carbocycles. The molecule has 6 heteroatoms. The molecule has 0 radical (unpaired) electrons. The Morgan fingerprint density at radius 1 is 1.62 bits per heavy atom. The second-order valence-corrected chi connectivity index (χ2v) is 2.43. The van der Waals surface area contributed by atoms with E-state index in [2.05, 4.69) is 15.5 Å². The highest BCUT2D eigenvalue weighted by Crippen LogP contribution is 1.91. The number of carboxylic acid groups (broad SMARTS) is 1. The van der Waals surface area contributed by atoms with Gasteiger partial charge in [0, 0.05) is 11.9 Å². The first-order chi connectivity index (χ1) is 6.18. The maximum Gasteiger partial charge on any atom is 0.322 e. The van der Waals surface area contributed by atoms with Gasteiger partial charge in [0.1, 0.15) is 6.54 Å². The van der Waals surface area contributed by atoms with Crippen molar-refractivity contribution in [2.45, 2.75) is 6.42 Å². The lowest BCUT2D eigenvalue weighted by molar-refractivity contribution is -0.137. The topological polar surface area (TPSA) is 95.1 Å². The number of aromatic nitrogens is 2. The molecule has 0 saturated carbocycles. The number of nitrogens with zero attached hydrogens (tertiary/aromatic N) is 1. The van der Waals surface area contributed by atoms with Crippen LogP contribution in [0, 0.1) is 0 Å². The maximum absolute atomic E-state index is 11.0.